The minimum Gasteiger partial charge on any atom is -0.432 e. The van der Waals surface area contributed by atoms with E-state index in [1.807, 2.05) is 13.8 Å². The number of epoxide rings is 1. The Morgan fingerprint density at radius 1 is 0.830 bits per heavy atom. The molecule has 6 fully saturated rings. The van der Waals surface area contributed by atoms with Gasteiger partial charge in [0, 0.05) is 18.3 Å². The van der Waals surface area contributed by atoms with Gasteiger partial charge in [-0.3, -0.25) is 9.59 Å². The van der Waals surface area contributed by atoms with Crippen LogP contribution in [0.25, 0.3) is 0 Å². The van der Waals surface area contributed by atoms with E-state index in [0.29, 0.717) is 18.8 Å². The Morgan fingerprint density at radius 3 is 2.09 bits per heavy atom. The molecule has 11 nitrogen and oxygen atoms in total. The first-order valence-corrected chi connectivity index (χ1v) is 17.9. The summed E-state index contributed by atoms with van der Waals surface area (Å²) < 4.78 is 16.8. The highest BCUT2D eigenvalue weighted by Crippen LogP contribution is 2.75. The van der Waals surface area contributed by atoms with Gasteiger partial charge in [0.1, 0.15) is 30.5 Å². The minimum atomic E-state index is -1.75. The van der Waals surface area contributed by atoms with E-state index in [2.05, 4.69) is 27.7 Å². The molecule has 2 saturated heterocycles. The molecule has 4 saturated carbocycles. The van der Waals surface area contributed by atoms with Gasteiger partial charge in [-0.05, 0) is 99.7 Å². The number of esters is 1. The third-order valence-corrected chi connectivity index (χ3v) is 15.3. The van der Waals surface area contributed by atoms with E-state index >= 15 is 0 Å². The molecule has 2 heterocycles. The van der Waals surface area contributed by atoms with Crippen LogP contribution >= 0.6 is 0 Å². The predicted molar refractivity (Wildman–Crippen MR) is 168 cm³/mol. The monoisotopic (exact) mass is 666 g/mol. The average Bonchev–Trinajstić information content (AvgIpc) is 3.56. The van der Waals surface area contributed by atoms with Crippen molar-refractivity contribution in [3.8, 4) is 0 Å². The largest absolute Gasteiger partial charge is 0.432 e. The molecule has 268 valence electrons. The number of fused-ring (bicyclic) bond motifs is 5. The van der Waals surface area contributed by atoms with Crippen LogP contribution in [-0.2, 0) is 23.8 Å². The summed E-state index contributed by atoms with van der Waals surface area (Å²) in [6.07, 6.45) is -4.47. The highest BCUT2D eigenvalue weighted by atomic mass is 16.7. The SMILES string of the molecule is C[C@H](CC(=O)[C@H]1OC1(C)C)[C@@H]1CC[C@]2(C)[C@H]3CC[C@H]4[C@](C)(C(=O)O[C@H]5O[C@@H](CO)[C@H](O)[C@@H](O)[C@@H]5O)[C@@H](O)C[C@@H](O)[C@@]4(C)[C@@H]3CC[C@@]12C. The van der Waals surface area contributed by atoms with Gasteiger partial charge in [-0.1, -0.05) is 27.7 Å². The molecule has 4 aliphatic carbocycles. The summed E-state index contributed by atoms with van der Waals surface area (Å²) in [7, 11) is 0. The second kappa shape index (κ2) is 11.7. The lowest BCUT2D eigenvalue weighted by Gasteiger charge is -2.68. The maximum atomic E-state index is 14.1. The van der Waals surface area contributed by atoms with E-state index in [1.165, 1.54) is 0 Å². The lowest BCUT2D eigenvalue weighted by atomic mass is 9.37. The van der Waals surface area contributed by atoms with Crippen LogP contribution in [0, 0.1) is 51.2 Å². The molecule has 0 bridgehead atoms. The fourth-order valence-electron chi connectivity index (χ4n) is 12.1. The molecule has 6 N–H and O–H groups in total. The number of ether oxygens (including phenoxy) is 3. The number of rotatable bonds is 7. The van der Waals surface area contributed by atoms with E-state index in [4.69, 9.17) is 14.2 Å². The maximum Gasteiger partial charge on any atom is 0.317 e. The zero-order valence-electron chi connectivity index (χ0n) is 29.1. The van der Waals surface area contributed by atoms with E-state index in [9.17, 15) is 40.2 Å². The van der Waals surface area contributed by atoms with E-state index < -0.39 is 72.2 Å². The van der Waals surface area contributed by atoms with Crippen molar-refractivity contribution in [1.82, 2.24) is 0 Å². The van der Waals surface area contributed by atoms with Crippen molar-refractivity contribution in [3.05, 3.63) is 0 Å². The third-order valence-electron chi connectivity index (χ3n) is 15.3. The molecule has 0 aromatic heterocycles. The van der Waals surface area contributed by atoms with Gasteiger partial charge in [-0.2, -0.15) is 0 Å². The van der Waals surface area contributed by atoms with E-state index in [0.717, 1.165) is 32.1 Å². The molecule has 6 aliphatic rings. The number of Topliss-reactive ketones (excluding diaryl/α,β-unsaturated/α-hetero) is 1. The number of aliphatic hydroxyl groups excluding tert-OH is 6. The molecule has 0 aromatic rings. The van der Waals surface area contributed by atoms with Crippen molar-refractivity contribution >= 4 is 11.8 Å². The van der Waals surface area contributed by atoms with Crippen molar-refractivity contribution in [2.45, 2.75) is 154 Å². The van der Waals surface area contributed by atoms with Gasteiger partial charge in [-0.15, -0.1) is 0 Å². The molecule has 2 aliphatic heterocycles. The number of aliphatic hydroxyl groups is 6. The van der Waals surface area contributed by atoms with Gasteiger partial charge in [-0.25, -0.2) is 0 Å². The topological polar surface area (TPSA) is 187 Å². The van der Waals surface area contributed by atoms with Crippen molar-refractivity contribution in [1.29, 1.82) is 0 Å². The first-order valence-electron chi connectivity index (χ1n) is 17.9. The summed E-state index contributed by atoms with van der Waals surface area (Å²) in [4.78, 5) is 27.2. The predicted octanol–water partition coefficient (Wildman–Crippen LogP) is 2.10. The lowest BCUT2D eigenvalue weighted by molar-refractivity contribution is -0.303. The third kappa shape index (κ3) is 5.03. The van der Waals surface area contributed by atoms with Crippen LogP contribution in [0.1, 0.15) is 99.8 Å². The molecular weight excluding hydrogens is 608 g/mol. The Morgan fingerprint density at radius 2 is 1.47 bits per heavy atom. The number of hydrogen-bond donors (Lipinski definition) is 6. The second-order valence-electron chi connectivity index (χ2n) is 17.6. The second-order valence-corrected chi connectivity index (χ2v) is 17.6. The fraction of sp³-hybridized carbons (Fsp3) is 0.944. The lowest BCUT2D eigenvalue weighted by Crippen LogP contribution is -2.68. The fourth-order valence-corrected chi connectivity index (χ4v) is 12.1. The van der Waals surface area contributed by atoms with E-state index in [1.54, 1.807) is 6.92 Å². The first-order chi connectivity index (χ1) is 21.8. The summed E-state index contributed by atoms with van der Waals surface area (Å²) in [6.45, 7) is 14.1. The quantitative estimate of drug-likeness (QED) is 0.173. The number of hydrogen-bond acceptors (Lipinski definition) is 11. The molecule has 0 radical (unpaired) electrons. The number of ketones is 1. The van der Waals surface area contributed by atoms with Crippen LogP contribution < -0.4 is 0 Å². The molecule has 47 heavy (non-hydrogen) atoms. The average molecular weight is 667 g/mol. The van der Waals surface area contributed by atoms with Gasteiger partial charge in [0.05, 0.1) is 29.8 Å². The molecule has 0 amide bonds. The standard InChI is InChI=1S/C36H58O11/c1-17(14-21(38)29-32(2,3)47-29)18-10-12-34(5)19-8-9-23-35(6,20(19)11-13-33(18,34)4)24(39)15-25(40)36(23,7)31(44)46-30-28(43)27(42)26(41)22(16-37)45-30/h17-20,22-30,37,39-43H,8-16H2,1-7H3/t17-,18+,19+,20-,22+,23-,24-,25+,26+,27-,28+,29-,30-,33+,34-,35+,36+/m1/s1. The molecule has 6 rings (SSSR count). The van der Waals surface area contributed by atoms with Crippen molar-refractivity contribution in [2.24, 2.45) is 51.2 Å². The molecule has 0 spiro atoms. The first kappa shape index (κ1) is 35.6. The van der Waals surface area contributed by atoms with Crippen molar-refractivity contribution in [2.75, 3.05) is 6.61 Å². The van der Waals surface area contributed by atoms with Crippen LogP contribution in [0.2, 0.25) is 0 Å². The van der Waals surface area contributed by atoms with E-state index in [-0.39, 0.29) is 52.5 Å². The minimum absolute atomic E-state index is 0.00810. The summed E-state index contributed by atoms with van der Waals surface area (Å²) in [5.74, 6) is -0.0363. The number of carbonyl (C=O) groups excluding carboxylic acids is 2. The van der Waals surface area contributed by atoms with Crippen LogP contribution in [0.15, 0.2) is 0 Å². The Bertz CT molecular complexity index is 1240. The Labute approximate surface area is 278 Å². The highest BCUT2D eigenvalue weighted by Gasteiger charge is 2.71. The molecule has 0 aromatic carbocycles. The molecular formula is C36H58O11. The van der Waals surface area contributed by atoms with Gasteiger partial charge in [0.15, 0.2) is 5.78 Å². The zero-order valence-corrected chi connectivity index (χ0v) is 29.1. The summed E-state index contributed by atoms with van der Waals surface area (Å²) in [5, 5.41) is 63.9. The van der Waals surface area contributed by atoms with Gasteiger partial charge in [0.25, 0.3) is 0 Å². The summed E-state index contributed by atoms with van der Waals surface area (Å²) in [5.41, 5.74) is -2.51. The summed E-state index contributed by atoms with van der Waals surface area (Å²) >= 11 is 0. The molecule has 17 atom stereocenters. The smallest absolute Gasteiger partial charge is 0.317 e. The van der Waals surface area contributed by atoms with Gasteiger partial charge in [0.2, 0.25) is 6.29 Å². The van der Waals surface area contributed by atoms with Crippen LogP contribution in [0.3, 0.4) is 0 Å². The van der Waals surface area contributed by atoms with Crippen LogP contribution in [0.4, 0.5) is 0 Å². The molecule has 0 unspecified atom stereocenters. The van der Waals surface area contributed by atoms with Crippen molar-refractivity contribution < 1.29 is 54.4 Å². The maximum absolute atomic E-state index is 14.1. The highest BCUT2D eigenvalue weighted by molar-refractivity contribution is 5.87. The zero-order chi connectivity index (χ0) is 34.6. The summed E-state index contributed by atoms with van der Waals surface area (Å²) in [6, 6.07) is 0. The Hall–Kier alpha value is -1.18. The van der Waals surface area contributed by atoms with Gasteiger partial charge >= 0.3 is 5.97 Å². The normalized spacial score (nSPS) is 54.1. The number of carbonyl (C=O) groups is 2. The van der Waals surface area contributed by atoms with Crippen LogP contribution in [-0.4, -0.2) is 104 Å². The Balaban J connectivity index is 1.23. The molecule has 11 heteroatoms. The van der Waals surface area contributed by atoms with Gasteiger partial charge < -0.3 is 44.8 Å². The van der Waals surface area contributed by atoms with Crippen LogP contribution in [0.5, 0.6) is 0 Å². The Kier molecular flexibility index (Phi) is 8.86. The van der Waals surface area contributed by atoms with Crippen molar-refractivity contribution in [3.63, 3.8) is 0 Å².